The summed E-state index contributed by atoms with van der Waals surface area (Å²) in [6.07, 6.45) is 2.86. The third kappa shape index (κ3) is 4.35. The van der Waals surface area contributed by atoms with Gasteiger partial charge in [0.15, 0.2) is 17.5 Å². The quantitative estimate of drug-likeness (QED) is 0.342. The Morgan fingerprint density at radius 3 is 2.75 bits per heavy atom. The Balaban J connectivity index is 1.63. The van der Waals surface area contributed by atoms with Gasteiger partial charge in [-0.1, -0.05) is 42.0 Å². The Bertz CT molecular complexity index is 1640. The average Bonchev–Trinajstić information content (AvgIpc) is 3.31. The van der Waals surface area contributed by atoms with E-state index in [2.05, 4.69) is 31.4 Å². The van der Waals surface area contributed by atoms with Gasteiger partial charge in [-0.25, -0.2) is 19.7 Å². The van der Waals surface area contributed by atoms with Crippen molar-refractivity contribution in [3.8, 4) is 23.3 Å². The topological polar surface area (TPSA) is 119 Å². The van der Waals surface area contributed by atoms with E-state index in [-0.39, 0.29) is 23.6 Å². The molecule has 3 heterocycles. The largest absolute Gasteiger partial charge is 0.462 e. The summed E-state index contributed by atoms with van der Waals surface area (Å²) in [6, 6.07) is 21.3. The van der Waals surface area contributed by atoms with Gasteiger partial charge in [0.1, 0.15) is 23.0 Å². The molecule has 9 heteroatoms. The Morgan fingerprint density at radius 2 is 1.94 bits per heavy atom. The molecule has 0 fully saturated rings. The standard InChI is InChI=1S/C27H21N7O2/c1-3-36-27(35)21-16-29-24(19-9-6-7-17(2)13-19)32-25(21)33-26-20(14-28)15-30-34(26)23-12-11-18-8-4-5-10-22(18)31-23/h4-13,15-16H,3H2,1-2H3,(H,29,32,33). The minimum atomic E-state index is -0.579. The van der Waals surface area contributed by atoms with Crippen LogP contribution in [0.15, 0.2) is 73.1 Å². The van der Waals surface area contributed by atoms with Crippen molar-refractivity contribution in [1.82, 2.24) is 24.7 Å². The van der Waals surface area contributed by atoms with E-state index in [0.717, 1.165) is 22.0 Å². The maximum Gasteiger partial charge on any atom is 0.343 e. The fraction of sp³-hybridized carbons (Fsp3) is 0.111. The molecule has 3 aromatic heterocycles. The van der Waals surface area contributed by atoms with Crippen LogP contribution in [-0.4, -0.2) is 37.3 Å². The number of ether oxygens (including phenoxy) is 1. The first-order chi connectivity index (χ1) is 17.6. The lowest BCUT2D eigenvalue weighted by Gasteiger charge is -2.14. The van der Waals surface area contributed by atoms with Crippen molar-refractivity contribution in [2.75, 3.05) is 11.9 Å². The van der Waals surface area contributed by atoms with Gasteiger partial charge in [-0.05, 0) is 38.1 Å². The first-order valence-electron chi connectivity index (χ1n) is 11.3. The van der Waals surface area contributed by atoms with Crippen molar-refractivity contribution in [3.05, 3.63) is 89.7 Å². The van der Waals surface area contributed by atoms with Crippen LogP contribution in [0.25, 0.3) is 28.1 Å². The number of pyridine rings is 1. The number of anilines is 2. The lowest BCUT2D eigenvalue weighted by Crippen LogP contribution is -2.13. The number of rotatable bonds is 6. The van der Waals surface area contributed by atoms with Crippen LogP contribution in [0.1, 0.15) is 28.4 Å². The Morgan fingerprint density at radius 1 is 1.08 bits per heavy atom. The number of nitrogens with zero attached hydrogens (tertiary/aromatic N) is 6. The van der Waals surface area contributed by atoms with Gasteiger partial charge in [-0.2, -0.15) is 15.0 Å². The van der Waals surface area contributed by atoms with Crippen molar-refractivity contribution < 1.29 is 9.53 Å². The van der Waals surface area contributed by atoms with Gasteiger partial charge in [0.05, 0.1) is 18.3 Å². The van der Waals surface area contributed by atoms with E-state index in [1.165, 1.54) is 17.1 Å². The minimum Gasteiger partial charge on any atom is -0.462 e. The Hall–Kier alpha value is -5.10. The molecular weight excluding hydrogens is 454 g/mol. The zero-order valence-electron chi connectivity index (χ0n) is 19.6. The maximum absolute atomic E-state index is 12.7. The summed E-state index contributed by atoms with van der Waals surface area (Å²) in [7, 11) is 0. The number of fused-ring (bicyclic) bond motifs is 1. The fourth-order valence-corrected chi connectivity index (χ4v) is 3.77. The van der Waals surface area contributed by atoms with Crippen LogP contribution in [0, 0.1) is 18.3 Å². The summed E-state index contributed by atoms with van der Waals surface area (Å²) in [5, 5.41) is 18.3. The zero-order chi connectivity index (χ0) is 25.1. The van der Waals surface area contributed by atoms with Crippen LogP contribution in [0.2, 0.25) is 0 Å². The molecule has 0 saturated heterocycles. The summed E-state index contributed by atoms with van der Waals surface area (Å²) in [6.45, 7) is 3.89. The summed E-state index contributed by atoms with van der Waals surface area (Å²) >= 11 is 0. The van der Waals surface area contributed by atoms with Gasteiger partial charge in [0.2, 0.25) is 0 Å². The van der Waals surface area contributed by atoms with Crippen LogP contribution in [0.3, 0.4) is 0 Å². The van der Waals surface area contributed by atoms with Crippen LogP contribution < -0.4 is 5.32 Å². The molecule has 2 aromatic carbocycles. The van der Waals surface area contributed by atoms with Gasteiger partial charge in [0.25, 0.3) is 0 Å². The summed E-state index contributed by atoms with van der Waals surface area (Å²) in [4.78, 5) is 26.4. The Kier molecular flexibility index (Phi) is 6.07. The second kappa shape index (κ2) is 9.64. The van der Waals surface area contributed by atoms with Gasteiger partial charge in [0, 0.05) is 17.1 Å². The van der Waals surface area contributed by atoms with Crippen molar-refractivity contribution in [2.24, 2.45) is 0 Å². The summed E-state index contributed by atoms with van der Waals surface area (Å²) in [5.74, 6) is 0.855. The molecule has 0 radical (unpaired) electrons. The predicted molar refractivity (Wildman–Crippen MR) is 135 cm³/mol. The molecule has 0 atom stereocenters. The number of para-hydroxylation sites is 1. The molecule has 0 aliphatic heterocycles. The van der Waals surface area contributed by atoms with E-state index in [1.54, 1.807) is 6.92 Å². The van der Waals surface area contributed by atoms with Crippen LogP contribution >= 0.6 is 0 Å². The molecule has 0 aliphatic rings. The summed E-state index contributed by atoms with van der Waals surface area (Å²) in [5.41, 5.74) is 3.02. The maximum atomic E-state index is 12.7. The molecule has 5 aromatic rings. The minimum absolute atomic E-state index is 0.136. The molecule has 176 valence electrons. The van der Waals surface area contributed by atoms with E-state index in [0.29, 0.717) is 17.5 Å². The van der Waals surface area contributed by atoms with Crippen molar-refractivity contribution in [1.29, 1.82) is 5.26 Å². The first-order valence-corrected chi connectivity index (χ1v) is 11.3. The average molecular weight is 476 g/mol. The number of benzene rings is 2. The molecule has 0 aliphatic carbocycles. The molecule has 0 amide bonds. The van der Waals surface area contributed by atoms with Crippen molar-refractivity contribution in [2.45, 2.75) is 13.8 Å². The molecule has 0 spiro atoms. The number of aryl methyl sites for hydroxylation is 1. The second-order valence-corrected chi connectivity index (χ2v) is 7.96. The van der Waals surface area contributed by atoms with Gasteiger partial charge < -0.3 is 10.1 Å². The SMILES string of the molecule is CCOC(=O)c1cnc(-c2cccc(C)c2)nc1Nc1c(C#N)cnn1-c1ccc2ccccc2n1. The molecule has 1 N–H and O–H groups in total. The predicted octanol–water partition coefficient (Wildman–Crippen LogP) is 4.98. The van der Waals surface area contributed by atoms with E-state index in [1.807, 2.05) is 67.6 Å². The van der Waals surface area contributed by atoms with Gasteiger partial charge >= 0.3 is 5.97 Å². The summed E-state index contributed by atoms with van der Waals surface area (Å²) < 4.78 is 6.72. The highest BCUT2D eigenvalue weighted by molar-refractivity contribution is 5.95. The number of nitriles is 1. The number of hydrogen-bond acceptors (Lipinski definition) is 8. The second-order valence-electron chi connectivity index (χ2n) is 7.96. The molecule has 0 bridgehead atoms. The molecule has 5 rings (SSSR count). The number of hydrogen-bond donors (Lipinski definition) is 1. The smallest absolute Gasteiger partial charge is 0.343 e. The lowest BCUT2D eigenvalue weighted by atomic mass is 10.1. The third-order valence-electron chi connectivity index (χ3n) is 5.49. The third-order valence-corrected chi connectivity index (χ3v) is 5.49. The van der Waals surface area contributed by atoms with Crippen molar-refractivity contribution >= 4 is 28.5 Å². The molecule has 36 heavy (non-hydrogen) atoms. The Labute approximate surface area is 207 Å². The zero-order valence-corrected chi connectivity index (χ0v) is 19.6. The number of carbonyl (C=O) groups is 1. The lowest BCUT2D eigenvalue weighted by molar-refractivity contribution is 0.0526. The number of esters is 1. The van der Waals surface area contributed by atoms with Gasteiger partial charge in [-0.15, -0.1) is 0 Å². The molecular formula is C27H21N7O2. The van der Waals surface area contributed by atoms with Gasteiger partial charge in [-0.3, -0.25) is 0 Å². The highest BCUT2D eigenvalue weighted by atomic mass is 16.5. The van der Waals surface area contributed by atoms with Crippen LogP contribution in [0.4, 0.5) is 11.6 Å². The number of aromatic nitrogens is 5. The first kappa shape index (κ1) is 22.7. The highest BCUT2D eigenvalue weighted by Gasteiger charge is 2.21. The normalized spacial score (nSPS) is 10.7. The van der Waals surface area contributed by atoms with E-state index >= 15 is 0 Å². The molecule has 0 saturated carbocycles. The molecule has 9 nitrogen and oxygen atoms in total. The van der Waals surface area contributed by atoms with E-state index < -0.39 is 5.97 Å². The fourth-order valence-electron chi connectivity index (χ4n) is 3.77. The number of nitrogens with one attached hydrogen (secondary N) is 1. The van der Waals surface area contributed by atoms with Crippen LogP contribution in [-0.2, 0) is 4.74 Å². The number of carbonyl (C=O) groups excluding carboxylic acids is 1. The van der Waals surface area contributed by atoms with E-state index in [9.17, 15) is 10.1 Å². The van der Waals surface area contributed by atoms with E-state index in [4.69, 9.17) is 4.74 Å². The monoisotopic (exact) mass is 475 g/mol. The van der Waals surface area contributed by atoms with Crippen LogP contribution in [0.5, 0.6) is 0 Å². The highest BCUT2D eigenvalue weighted by Crippen LogP contribution is 2.27. The van der Waals surface area contributed by atoms with Crippen molar-refractivity contribution in [3.63, 3.8) is 0 Å². The molecule has 0 unspecified atom stereocenters.